The first-order valence-corrected chi connectivity index (χ1v) is 6.13. The van der Waals surface area contributed by atoms with Gasteiger partial charge in [0.05, 0.1) is 0 Å². The molecular formula is C17H15N. The lowest BCUT2D eigenvalue weighted by Crippen LogP contribution is -1.74. The summed E-state index contributed by atoms with van der Waals surface area (Å²) in [6.07, 6.45) is 6.06. The Balaban J connectivity index is 2.44. The number of aromatic nitrogens is 1. The highest BCUT2D eigenvalue weighted by atomic mass is 14.7. The molecule has 3 rings (SSSR count). The van der Waals surface area contributed by atoms with E-state index in [0.29, 0.717) is 0 Å². The van der Waals surface area contributed by atoms with Crippen molar-refractivity contribution in [1.29, 1.82) is 0 Å². The molecule has 0 saturated carbocycles. The van der Waals surface area contributed by atoms with Crippen LogP contribution in [0.1, 0.15) is 18.2 Å². The first-order valence-electron chi connectivity index (χ1n) is 6.13. The lowest BCUT2D eigenvalue weighted by atomic mass is 10.0. The Labute approximate surface area is 106 Å². The zero-order valence-electron chi connectivity index (χ0n) is 10.4. The standard InChI is InChI=1S/C17H15N/c1-3-7-14-15-10-12-8-5-6-9-13(12)11-17(15)18-16(14)4-2/h3-11,18H,2H2,1H3/b7-3-. The van der Waals surface area contributed by atoms with Gasteiger partial charge in [-0.3, -0.25) is 0 Å². The number of benzene rings is 2. The number of fused-ring (bicyclic) bond motifs is 2. The minimum Gasteiger partial charge on any atom is -0.355 e. The fourth-order valence-electron chi connectivity index (χ4n) is 2.43. The molecule has 88 valence electrons. The quantitative estimate of drug-likeness (QED) is 0.641. The summed E-state index contributed by atoms with van der Waals surface area (Å²) < 4.78 is 0. The highest BCUT2D eigenvalue weighted by Crippen LogP contribution is 2.29. The Kier molecular flexibility index (Phi) is 2.52. The van der Waals surface area contributed by atoms with Gasteiger partial charge in [-0.15, -0.1) is 0 Å². The Morgan fingerprint density at radius 2 is 1.83 bits per heavy atom. The van der Waals surface area contributed by atoms with Gasteiger partial charge in [0, 0.05) is 22.2 Å². The number of H-pyrrole nitrogens is 1. The van der Waals surface area contributed by atoms with Crippen LogP contribution < -0.4 is 0 Å². The van der Waals surface area contributed by atoms with Crippen LogP contribution >= 0.6 is 0 Å². The second kappa shape index (κ2) is 4.19. The largest absolute Gasteiger partial charge is 0.355 e. The number of allylic oxidation sites excluding steroid dienone is 1. The third kappa shape index (κ3) is 1.56. The lowest BCUT2D eigenvalue weighted by Gasteiger charge is -1.98. The van der Waals surface area contributed by atoms with Crippen molar-refractivity contribution in [1.82, 2.24) is 4.98 Å². The van der Waals surface area contributed by atoms with Gasteiger partial charge < -0.3 is 4.98 Å². The number of hydrogen-bond acceptors (Lipinski definition) is 0. The van der Waals surface area contributed by atoms with E-state index in [0.717, 1.165) is 11.2 Å². The first-order chi connectivity index (χ1) is 8.83. The predicted molar refractivity (Wildman–Crippen MR) is 80.6 cm³/mol. The van der Waals surface area contributed by atoms with Gasteiger partial charge in [-0.05, 0) is 35.9 Å². The van der Waals surface area contributed by atoms with E-state index in [2.05, 4.69) is 60.1 Å². The molecule has 0 fully saturated rings. The van der Waals surface area contributed by atoms with Crippen molar-refractivity contribution in [2.75, 3.05) is 0 Å². The van der Waals surface area contributed by atoms with E-state index >= 15 is 0 Å². The highest BCUT2D eigenvalue weighted by molar-refractivity contribution is 6.02. The van der Waals surface area contributed by atoms with E-state index < -0.39 is 0 Å². The molecule has 0 amide bonds. The smallest absolute Gasteiger partial charge is 0.0471 e. The minimum absolute atomic E-state index is 1.08. The van der Waals surface area contributed by atoms with Crippen LogP contribution in [0.4, 0.5) is 0 Å². The second-order valence-electron chi connectivity index (χ2n) is 4.40. The third-order valence-corrected chi connectivity index (χ3v) is 3.27. The second-order valence-corrected chi connectivity index (χ2v) is 4.40. The monoisotopic (exact) mass is 233 g/mol. The third-order valence-electron chi connectivity index (χ3n) is 3.27. The van der Waals surface area contributed by atoms with Crippen LogP contribution in [-0.2, 0) is 0 Å². The van der Waals surface area contributed by atoms with Crippen molar-refractivity contribution < 1.29 is 0 Å². The van der Waals surface area contributed by atoms with E-state index in [9.17, 15) is 0 Å². The van der Waals surface area contributed by atoms with E-state index in [1.54, 1.807) is 0 Å². The number of nitrogens with one attached hydrogen (secondary N) is 1. The van der Waals surface area contributed by atoms with Crippen molar-refractivity contribution in [3.8, 4) is 0 Å². The average Bonchev–Trinajstić information content (AvgIpc) is 2.74. The lowest BCUT2D eigenvalue weighted by molar-refractivity contribution is 1.43. The van der Waals surface area contributed by atoms with Crippen LogP contribution in [0, 0.1) is 0 Å². The first kappa shape index (κ1) is 10.8. The minimum atomic E-state index is 1.08. The van der Waals surface area contributed by atoms with Crippen LogP contribution in [0.2, 0.25) is 0 Å². The molecule has 0 atom stereocenters. The maximum Gasteiger partial charge on any atom is 0.0471 e. The molecule has 0 aliphatic heterocycles. The van der Waals surface area contributed by atoms with Gasteiger partial charge in [0.25, 0.3) is 0 Å². The molecule has 0 unspecified atom stereocenters. The van der Waals surface area contributed by atoms with Gasteiger partial charge in [0.15, 0.2) is 0 Å². The Hall–Kier alpha value is -2.28. The molecule has 1 N–H and O–H groups in total. The van der Waals surface area contributed by atoms with Crippen LogP contribution in [0.15, 0.2) is 49.1 Å². The molecule has 1 nitrogen and oxygen atoms in total. The average molecular weight is 233 g/mol. The summed E-state index contributed by atoms with van der Waals surface area (Å²) in [5.74, 6) is 0. The van der Waals surface area contributed by atoms with E-state index in [-0.39, 0.29) is 0 Å². The number of hydrogen-bond donors (Lipinski definition) is 1. The summed E-state index contributed by atoms with van der Waals surface area (Å²) in [5, 5.41) is 3.78. The topological polar surface area (TPSA) is 15.8 Å². The molecule has 2 aromatic carbocycles. The van der Waals surface area contributed by atoms with Crippen LogP contribution in [-0.4, -0.2) is 4.98 Å². The maximum absolute atomic E-state index is 3.87. The molecule has 0 aliphatic rings. The van der Waals surface area contributed by atoms with E-state index in [1.807, 2.05) is 13.0 Å². The normalized spacial score (nSPS) is 11.6. The summed E-state index contributed by atoms with van der Waals surface area (Å²) in [6, 6.07) is 12.9. The van der Waals surface area contributed by atoms with E-state index in [1.165, 1.54) is 21.7 Å². The molecule has 0 bridgehead atoms. The van der Waals surface area contributed by atoms with Crippen molar-refractivity contribution in [3.63, 3.8) is 0 Å². The molecule has 1 heteroatoms. The SMILES string of the molecule is C=Cc1[nH]c2cc3ccccc3cc2c1/C=C\C. The summed E-state index contributed by atoms with van der Waals surface area (Å²) >= 11 is 0. The highest BCUT2D eigenvalue weighted by Gasteiger charge is 2.07. The molecule has 0 aliphatic carbocycles. The van der Waals surface area contributed by atoms with Crippen LogP contribution in [0.5, 0.6) is 0 Å². The predicted octanol–water partition coefficient (Wildman–Crippen LogP) is 5.00. The number of aromatic amines is 1. The van der Waals surface area contributed by atoms with Gasteiger partial charge >= 0.3 is 0 Å². The molecule has 0 radical (unpaired) electrons. The van der Waals surface area contributed by atoms with Crippen molar-refractivity contribution in [3.05, 3.63) is 60.3 Å². The molecule has 18 heavy (non-hydrogen) atoms. The van der Waals surface area contributed by atoms with Gasteiger partial charge in [0.2, 0.25) is 0 Å². The van der Waals surface area contributed by atoms with Crippen LogP contribution in [0.25, 0.3) is 33.8 Å². The Morgan fingerprint density at radius 3 is 2.50 bits per heavy atom. The summed E-state index contributed by atoms with van der Waals surface area (Å²) in [5.41, 5.74) is 3.46. The summed E-state index contributed by atoms with van der Waals surface area (Å²) in [4.78, 5) is 3.42. The molecule has 0 spiro atoms. The molecule has 0 saturated heterocycles. The van der Waals surface area contributed by atoms with Crippen molar-refractivity contribution in [2.45, 2.75) is 6.92 Å². The number of rotatable bonds is 2. The van der Waals surface area contributed by atoms with Gasteiger partial charge in [-0.25, -0.2) is 0 Å². The zero-order valence-corrected chi connectivity index (χ0v) is 10.4. The molecule has 1 aromatic heterocycles. The summed E-state index contributed by atoms with van der Waals surface area (Å²) in [7, 11) is 0. The van der Waals surface area contributed by atoms with Crippen LogP contribution in [0.3, 0.4) is 0 Å². The van der Waals surface area contributed by atoms with E-state index in [4.69, 9.17) is 0 Å². The molecular weight excluding hydrogens is 218 g/mol. The Bertz CT molecular complexity index is 760. The van der Waals surface area contributed by atoms with Gasteiger partial charge in [0.1, 0.15) is 0 Å². The van der Waals surface area contributed by atoms with Crippen molar-refractivity contribution in [2.24, 2.45) is 0 Å². The fourth-order valence-corrected chi connectivity index (χ4v) is 2.43. The zero-order chi connectivity index (χ0) is 12.5. The Morgan fingerprint density at radius 1 is 1.11 bits per heavy atom. The molecule has 3 aromatic rings. The molecule has 1 heterocycles. The van der Waals surface area contributed by atoms with Gasteiger partial charge in [-0.1, -0.05) is 43.0 Å². The maximum atomic E-state index is 3.87. The van der Waals surface area contributed by atoms with Gasteiger partial charge in [-0.2, -0.15) is 0 Å². The van der Waals surface area contributed by atoms with Crippen molar-refractivity contribution >= 4 is 33.8 Å². The fraction of sp³-hybridized carbons (Fsp3) is 0.0588. The summed E-state index contributed by atoms with van der Waals surface area (Å²) in [6.45, 7) is 5.91.